The highest BCUT2D eigenvalue weighted by Gasteiger charge is 2.60. The Hall–Kier alpha value is -5.12. The summed E-state index contributed by atoms with van der Waals surface area (Å²) in [6.07, 6.45) is 0. The molecule has 9 rings (SSSR count). The van der Waals surface area contributed by atoms with Gasteiger partial charge >= 0.3 is 0 Å². The number of rotatable bonds is 3. The van der Waals surface area contributed by atoms with Crippen molar-refractivity contribution in [3.05, 3.63) is 160 Å². The fourth-order valence-corrected chi connectivity index (χ4v) is 7.65. The summed E-state index contributed by atoms with van der Waals surface area (Å²) in [7, 11) is 0. The molecule has 1 aromatic heterocycles. The van der Waals surface area contributed by atoms with E-state index >= 15 is 4.79 Å². The molecule has 1 amide bonds. The van der Waals surface area contributed by atoms with Crippen LogP contribution in [0.4, 0.5) is 5.69 Å². The van der Waals surface area contributed by atoms with Gasteiger partial charge in [0.25, 0.3) is 0 Å². The van der Waals surface area contributed by atoms with Gasteiger partial charge < -0.3 is 9.32 Å². The lowest BCUT2D eigenvalue weighted by molar-refractivity contribution is -0.120. The predicted octanol–water partition coefficient (Wildman–Crippen LogP) is 10.1. The van der Waals surface area contributed by atoms with Crippen LogP contribution in [-0.4, -0.2) is 5.91 Å². The molecule has 44 heavy (non-hydrogen) atoms. The highest BCUT2D eigenvalue weighted by atomic mass is 35.5. The molecule has 7 aromatic rings. The van der Waals surface area contributed by atoms with Crippen molar-refractivity contribution in [1.82, 2.24) is 0 Å². The lowest BCUT2D eigenvalue weighted by atomic mass is 9.72. The van der Waals surface area contributed by atoms with Gasteiger partial charge in [-0.15, -0.1) is 0 Å². The van der Waals surface area contributed by atoms with Crippen LogP contribution in [0.1, 0.15) is 27.8 Å². The first kappa shape index (κ1) is 25.4. The Bertz CT molecular complexity index is 2300. The average Bonchev–Trinajstić information content (AvgIpc) is 3.65. The van der Waals surface area contributed by atoms with Gasteiger partial charge in [-0.05, 0) is 64.9 Å². The first-order valence-electron chi connectivity index (χ1n) is 14.9. The molecule has 0 radical (unpaired) electrons. The molecule has 210 valence electrons. The minimum Gasteiger partial charge on any atom is -0.455 e. The van der Waals surface area contributed by atoms with Crippen LogP contribution in [0.15, 0.2) is 132 Å². The van der Waals surface area contributed by atoms with E-state index in [9.17, 15) is 0 Å². The van der Waals surface area contributed by atoms with E-state index in [4.69, 9.17) is 16.0 Å². The first-order valence-corrected chi connectivity index (χ1v) is 15.2. The van der Waals surface area contributed by atoms with Crippen molar-refractivity contribution in [2.45, 2.75) is 18.9 Å². The van der Waals surface area contributed by atoms with Crippen molar-refractivity contribution in [2.75, 3.05) is 4.90 Å². The van der Waals surface area contributed by atoms with Gasteiger partial charge in [0.05, 0.1) is 6.54 Å². The van der Waals surface area contributed by atoms with Crippen LogP contribution < -0.4 is 4.90 Å². The average molecular weight is 588 g/mol. The first-order chi connectivity index (χ1) is 21.6. The van der Waals surface area contributed by atoms with Crippen LogP contribution in [0.5, 0.6) is 0 Å². The Morgan fingerprint density at radius 2 is 1.50 bits per heavy atom. The highest BCUT2D eigenvalue weighted by molar-refractivity contribution is 6.31. The highest BCUT2D eigenvalue weighted by Crippen LogP contribution is 2.63. The third kappa shape index (κ3) is 3.30. The molecule has 6 aromatic carbocycles. The molecule has 1 aliphatic heterocycles. The number of aryl methyl sites for hydroxylation is 1. The number of hydrogen-bond donors (Lipinski definition) is 0. The molecule has 0 saturated carbocycles. The molecule has 4 heteroatoms. The van der Waals surface area contributed by atoms with Gasteiger partial charge in [0.2, 0.25) is 5.91 Å². The normalized spacial score (nSPS) is 16.6. The molecule has 1 spiro atoms. The maximum absolute atomic E-state index is 15.4. The van der Waals surface area contributed by atoms with Gasteiger partial charge in [-0.3, -0.25) is 4.79 Å². The van der Waals surface area contributed by atoms with E-state index in [-0.39, 0.29) is 5.91 Å². The Morgan fingerprint density at radius 1 is 0.750 bits per heavy atom. The summed E-state index contributed by atoms with van der Waals surface area (Å²) in [5.41, 5.74) is 8.62. The second-order valence-corrected chi connectivity index (χ2v) is 12.3. The van der Waals surface area contributed by atoms with Crippen molar-refractivity contribution in [3.8, 4) is 22.5 Å². The van der Waals surface area contributed by atoms with E-state index in [0.717, 1.165) is 72.1 Å². The van der Waals surface area contributed by atoms with Crippen LogP contribution >= 0.6 is 11.6 Å². The number of carbonyl (C=O) groups is 1. The number of hydrogen-bond acceptors (Lipinski definition) is 2. The largest absolute Gasteiger partial charge is 0.455 e. The van der Waals surface area contributed by atoms with E-state index in [1.54, 1.807) is 0 Å². The van der Waals surface area contributed by atoms with Gasteiger partial charge in [-0.25, -0.2) is 0 Å². The van der Waals surface area contributed by atoms with E-state index in [1.165, 1.54) is 5.56 Å². The summed E-state index contributed by atoms with van der Waals surface area (Å²) in [5, 5.41) is 3.68. The van der Waals surface area contributed by atoms with Crippen LogP contribution in [0.2, 0.25) is 5.02 Å². The van der Waals surface area contributed by atoms with E-state index in [2.05, 4.69) is 79.7 Å². The molecule has 0 N–H and O–H groups in total. The van der Waals surface area contributed by atoms with Gasteiger partial charge in [0.15, 0.2) is 0 Å². The number of amides is 1. The second kappa shape index (κ2) is 9.19. The van der Waals surface area contributed by atoms with Crippen LogP contribution in [-0.2, 0) is 16.8 Å². The third-order valence-electron chi connectivity index (χ3n) is 9.40. The number of benzene rings is 6. The molecule has 2 heterocycles. The van der Waals surface area contributed by atoms with Crippen LogP contribution in [0.25, 0.3) is 44.2 Å². The number of furan rings is 1. The van der Waals surface area contributed by atoms with Crippen molar-refractivity contribution >= 4 is 44.9 Å². The zero-order chi connectivity index (χ0) is 29.6. The summed E-state index contributed by atoms with van der Waals surface area (Å²) in [6, 6.07) is 43.4. The zero-order valence-electron chi connectivity index (χ0n) is 24.0. The van der Waals surface area contributed by atoms with Gasteiger partial charge in [0.1, 0.15) is 16.8 Å². The minimum absolute atomic E-state index is 0.00975. The molecule has 0 saturated heterocycles. The van der Waals surface area contributed by atoms with E-state index < -0.39 is 5.41 Å². The Labute approximate surface area is 259 Å². The lowest BCUT2D eigenvalue weighted by Gasteiger charge is -2.27. The third-order valence-corrected chi connectivity index (χ3v) is 9.63. The minimum atomic E-state index is -1.12. The maximum atomic E-state index is 15.4. The standard InChI is InChI=1S/C40H26ClNO2/c1-24-15-17-26(18-16-24)31-21-27-11-5-6-12-29(27)37-35(31)36-38(44-37)30-20-19-28(41)22-33(30)40(36)32-13-7-8-14-34(32)42(39(40)43)23-25-9-3-2-4-10-25/h2-22H,23H2,1H3. The number of anilines is 1. The quantitative estimate of drug-likeness (QED) is 0.206. The molecule has 0 fully saturated rings. The molecule has 1 aliphatic carbocycles. The van der Waals surface area contributed by atoms with Gasteiger partial charge in [-0.2, -0.15) is 0 Å². The molecular weight excluding hydrogens is 562 g/mol. The molecular formula is C40H26ClNO2. The van der Waals surface area contributed by atoms with E-state index in [0.29, 0.717) is 11.6 Å². The predicted molar refractivity (Wildman–Crippen MR) is 178 cm³/mol. The summed E-state index contributed by atoms with van der Waals surface area (Å²) in [5.74, 6) is 0.747. The fourth-order valence-electron chi connectivity index (χ4n) is 7.48. The van der Waals surface area contributed by atoms with Crippen LogP contribution in [0, 0.1) is 6.92 Å². The van der Waals surface area contributed by atoms with E-state index in [1.807, 2.05) is 59.5 Å². The van der Waals surface area contributed by atoms with Crippen molar-refractivity contribution < 1.29 is 9.21 Å². The topological polar surface area (TPSA) is 33.5 Å². The van der Waals surface area contributed by atoms with Gasteiger partial charge in [0, 0.05) is 38.2 Å². The van der Waals surface area contributed by atoms with Gasteiger partial charge in [-0.1, -0.05) is 114 Å². The summed E-state index contributed by atoms with van der Waals surface area (Å²) in [6.45, 7) is 2.56. The SMILES string of the molecule is Cc1ccc(-c2cc3ccccc3c3oc4c(c23)C2(C(=O)N(Cc3ccccc3)c3ccccc32)c2cc(Cl)ccc2-4)cc1. The van der Waals surface area contributed by atoms with Crippen LogP contribution in [0.3, 0.4) is 0 Å². The molecule has 0 bridgehead atoms. The Kier molecular flexibility index (Phi) is 5.30. The van der Waals surface area contributed by atoms with Crippen molar-refractivity contribution in [2.24, 2.45) is 0 Å². The number of para-hydroxylation sites is 1. The fraction of sp³-hybridized carbons (Fsp3) is 0.0750. The second-order valence-electron chi connectivity index (χ2n) is 11.9. The number of fused-ring (bicyclic) bond motifs is 11. The smallest absolute Gasteiger partial charge is 0.247 e. The summed E-state index contributed by atoms with van der Waals surface area (Å²) < 4.78 is 6.97. The molecule has 1 atom stereocenters. The Balaban J connectivity index is 1.44. The summed E-state index contributed by atoms with van der Waals surface area (Å²) in [4.78, 5) is 17.3. The molecule has 3 nitrogen and oxygen atoms in total. The zero-order valence-corrected chi connectivity index (χ0v) is 24.7. The number of halogens is 1. The van der Waals surface area contributed by atoms with Crippen molar-refractivity contribution in [1.29, 1.82) is 0 Å². The monoisotopic (exact) mass is 587 g/mol. The molecule has 2 aliphatic rings. The summed E-state index contributed by atoms with van der Waals surface area (Å²) >= 11 is 6.72. The lowest BCUT2D eigenvalue weighted by Crippen LogP contribution is -2.40. The van der Waals surface area contributed by atoms with Crippen molar-refractivity contribution in [3.63, 3.8) is 0 Å². The number of carbonyl (C=O) groups excluding carboxylic acids is 1. The molecule has 1 unspecified atom stereocenters. The number of nitrogens with zero attached hydrogens (tertiary/aromatic N) is 1. The Morgan fingerprint density at radius 3 is 2.34 bits per heavy atom. The maximum Gasteiger partial charge on any atom is 0.247 e.